The van der Waals surface area contributed by atoms with Crippen molar-refractivity contribution in [3.8, 4) is 0 Å². The minimum absolute atomic E-state index is 0.153. The molecule has 1 atom stereocenters. The number of urea groups is 1. The Balaban J connectivity index is 1.91. The van der Waals surface area contributed by atoms with E-state index in [1.54, 1.807) is 30.3 Å². The van der Waals surface area contributed by atoms with Crippen LogP contribution < -0.4 is 0 Å². The number of aryl methyl sites for hydroxylation is 1. The lowest BCUT2D eigenvalue weighted by Gasteiger charge is -2.40. The quantitative estimate of drug-likeness (QED) is 0.592. The summed E-state index contributed by atoms with van der Waals surface area (Å²) in [6.07, 6.45) is 0.153. The third-order valence-electron chi connectivity index (χ3n) is 5.05. The van der Waals surface area contributed by atoms with Crippen molar-refractivity contribution in [1.82, 2.24) is 9.80 Å². The number of nitrogens with zero attached hydrogens (tertiary/aromatic N) is 2. The zero-order valence-corrected chi connectivity index (χ0v) is 16.1. The highest BCUT2D eigenvalue weighted by Crippen LogP contribution is 2.32. The average molecular weight is 378 g/mol. The first-order valence-corrected chi connectivity index (χ1v) is 9.02. The van der Waals surface area contributed by atoms with E-state index in [0.717, 1.165) is 20.9 Å². The van der Waals surface area contributed by atoms with Crippen molar-refractivity contribution >= 4 is 23.6 Å². The maximum atomic E-state index is 13.2. The molecule has 144 valence electrons. The summed E-state index contributed by atoms with van der Waals surface area (Å²) in [5, 5.41) is 0. The third kappa shape index (κ3) is 3.45. The van der Waals surface area contributed by atoms with Gasteiger partial charge in [-0.15, -0.1) is 0 Å². The molecule has 6 nitrogen and oxygen atoms in total. The predicted molar refractivity (Wildman–Crippen MR) is 104 cm³/mol. The summed E-state index contributed by atoms with van der Waals surface area (Å²) in [7, 11) is 1.34. The van der Waals surface area contributed by atoms with E-state index in [-0.39, 0.29) is 12.2 Å². The van der Waals surface area contributed by atoms with Gasteiger partial charge in [-0.05, 0) is 25.8 Å². The number of benzene rings is 2. The van der Waals surface area contributed by atoms with E-state index in [1.807, 2.05) is 31.2 Å². The summed E-state index contributed by atoms with van der Waals surface area (Å²) in [4.78, 5) is 52.9. The van der Waals surface area contributed by atoms with Crippen LogP contribution in [0.4, 0.5) is 4.79 Å². The summed E-state index contributed by atoms with van der Waals surface area (Å²) >= 11 is 0. The van der Waals surface area contributed by atoms with Gasteiger partial charge in [0.25, 0.3) is 0 Å². The molecule has 0 radical (unpaired) electrons. The molecule has 0 aliphatic carbocycles. The molecule has 1 aliphatic heterocycles. The van der Waals surface area contributed by atoms with Crippen LogP contribution in [0.2, 0.25) is 0 Å². The molecule has 0 saturated carbocycles. The van der Waals surface area contributed by atoms with Gasteiger partial charge in [-0.1, -0.05) is 60.2 Å². The smallest absolute Gasteiger partial charge is 0.292 e. The fourth-order valence-electron chi connectivity index (χ4n) is 3.49. The van der Waals surface area contributed by atoms with Crippen molar-refractivity contribution < 1.29 is 19.2 Å². The van der Waals surface area contributed by atoms with Gasteiger partial charge in [0.15, 0.2) is 5.78 Å². The van der Waals surface area contributed by atoms with Gasteiger partial charge in [-0.25, -0.2) is 4.79 Å². The molecule has 2 aromatic rings. The minimum atomic E-state index is -1.45. The molecule has 1 unspecified atom stereocenters. The molecule has 1 aliphatic rings. The fourth-order valence-corrected chi connectivity index (χ4v) is 3.49. The van der Waals surface area contributed by atoms with E-state index >= 15 is 0 Å². The van der Waals surface area contributed by atoms with Crippen molar-refractivity contribution in [2.24, 2.45) is 5.41 Å². The van der Waals surface area contributed by atoms with Crippen LogP contribution in [0.5, 0.6) is 0 Å². The minimum Gasteiger partial charge on any atom is -0.292 e. The fraction of sp³-hybridized carbons (Fsp3) is 0.273. The number of rotatable bonds is 5. The highest BCUT2D eigenvalue weighted by atomic mass is 16.2. The number of imide groups is 2. The molecule has 1 saturated heterocycles. The Labute approximate surface area is 163 Å². The lowest BCUT2D eigenvalue weighted by molar-refractivity contribution is -0.156. The third-order valence-corrected chi connectivity index (χ3v) is 5.05. The van der Waals surface area contributed by atoms with Gasteiger partial charge in [0, 0.05) is 12.6 Å². The Morgan fingerprint density at radius 2 is 1.64 bits per heavy atom. The number of ketones is 1. The molecule has 0 aromatic heterocycles. The Morgan fingerprint density at radius 3 is 2.29 bits per heavy atom. The second-order valence-electron chi connectivity index (χ2n) is 7.33. The highest BCUT2D eigenvalue weighted by Gasteiger charge is 2.53. The molecule has 0 spiro atoms. The number of amides is 4. The van der Waals surface area contributed by atoms with Crippen molar-refractivity contribution in [2.45, 2.75) is 20.3 Å². The molecular formula is C22H22N2O4. The van der Waals surface area contributed by atoms with Crippen molar-refractivity contribution in [2.75, 3.05) is 13.6 Å². The van der Waals surface area contributed by atoms with Crippen LogP contribution in [0.3, 0.4) is 0 Å². The van der Waals surface area contributed by atoms with Gasteiger partial charge in [-0.3, -0.25) is 24.2 Å². The molecule has 1 heterocycles. The van der Waals surface area contributed by atoms with Crippen molar-refractivity contribution in [3.05, 3.63) is 71.3 Å². The van der Waals surface area contributed by atoms with Crippen LogP contribution in [0.1, 0.15) is 28.4 Å². The molecule has 6 heteroatoms. The zero-order chi connectivity index (χ0) is 20.5. The molecule has 0 bridgehead atoms. The Morgan fingerprint density at radius 1 is 0.964 bits per heavy atom. The van der Waals surface area contributed by atoms with E-state index in [1.165, 1.54) is 14.0 Å². The number of carbonyl (C=O) groups is 4. The highest BCUT2D eigenvalue weighted by molar-refractivity contribution is 6.20. The Bertz CT molecular complexity index is 954. The first-order valence-electron chi connectivity index (χ1n) is 9.02. The van der Waals surface area contributed by atoms with Crippen LogP contribution in [-0.2, 0) is 16.0 Å². The number of hydrogen-bond donors (Lipinski definition) is 0. The van der Waals surface area contributed by atoms with Crippen LogP contribution in [0, 0.1) is 12.3 Å². The SMILES string of the molecule is Cc1cccc(CC2(C)C(=O)N(C)C(=O)N(CC(=O)c3ccccc3)C2=O)c1. The van der Waals surface area contributed by atoms with Gasteiger partial charge < -0.3 is 0 Å². The standard InChI is InChI=1S/C22H22N2O4/c1-15-8-7-9-16(12-15)13-22(2)19(26)23(3)21(28)24(20(22)27)14-18(25)17-10-5-4-6-11-17/h4-12H,13-14H2,1-3H3. The van der Waals surface area contributed by atoms with Gasteiger partial charge in [0.1, 0.15) is 5.41 Å². The molecule has 3 rings (SSSR count). The number of barbiturate groups is 1. The van der Waals surface area contributed by atoms with Crippen LogP contribution in [0.15, 0.2) is 54.6 Å². The van der Waals surface area contributed by atoms with Crippen LogP contribution in [0.25, 0.3) is 0 Å². The average Bonchev–Trinajstić information content (AvgIpc) is 2.69. The lowest BCUT2D eigenvalue weighted by Crippen LogP contribution is -2.64. The van der Waals surface area contributed by atoms with E-state index in [9.17, 15) is 19.2 Å². The lowest BCUT2D eigenvalue weighted by atomic mass is 9.79. The molecule has 4 amide bonds. The molecule has 2 aromatic carbocycles. The monoisotopic (exact) mass is 378 g/mol. The maximum Gasteiger partial charge on any atom is 0.333 e. The number of hydrogen-bond acceptors (Lipinski definition) is 4. The first-order chi connectivity index (χ1) is 13.2. The Kier molecular flexibility index (Phi) is 5.14. The second kappa shape index (κ2) is 7.38. The van der Waals surface area contributed by atoms with Gasteiger partial charge in [0.05, 0.1) is 6.54 Å². The topological polar surface area (TPSA) is 74.8 Å². The number of Topliss-reactive ketones (excluding diaryl/α,β-unsaturated/α-hetero) is 1. The largest absolute Gasteiger partial charge is 0.333 e. The van der Waals surface area contributed by atoms with E-state index in [0.29, 0.717) is 5.56 Å². The van der Waals surface area contributed by atoms with Crippen molar-refractivity contribution in [1.29, 1.82) is 0 Å². The second-order valence-corrected chi connectivity index (χ2v) is 7.33. The predicted octanol–water partition coefficient (Wildman–Crippen LogP) is 2.85. The van der Waals surface area contributed by atoms with Gasteiger partial charge >= 0.3 is 6.03 Å². The normalized spacial score (nSPS) is 19.9. The van der Waals surface area contributed by atoms with Crippen molar-refractivity contribution in [3.63, 3.8) is 0 Å². The summed E-state index contributed by atoms with van der Waals surface area (Å²) in [6.45, 7) is 3.06. The summed E-state index contributed by atoms with van der Waals surface area (Å²) in [6, 6.07) is 15.2. The number of carbonyl (C=O) groups excluding carboxylic acids is 4. The van der Waals surface area contributed by atoms with E-state index in [4.69, 9.17) is 0 Å². The van der Waals surface area contributed by atoms with Crippen LogP contribution in [-0.4, -0.2) is 47.0 Å². The maximum absolute atomic E-state index is 13.2. The first kappa shape index (κ1) is 19.5. The zero-order valence-electron chi connectivity index (χ0n) is 16.1. The molecule has 1 fully saturated rings. The van der Waals surface area contributed by atoms with Crippen LogP contribution >= 0.6 is 0 Å². The summed E-state index contributed by atoms with van der Waals surface area (Å²) < 4.78 is 0. The molecule has 0 N–H and O–H groups in total. The summed E-state index contributed by atoms with van der Waals surface area (Å²) in [5.41, 5.74) is 0.787. The van der Waals surface area contributed by atoms with Gasteiger partial charge in [0.2, 0.25) is 11.8 Å². The van der Waals surface area contributed by atoms with Gasteiger partial charge in [-0.2, -0.15) is 0 Å². The van der Waals surface area contributed by atoms with E-state index in [2.05, 4.69) is 0 Å². The molecule has 28 heavy (non-hydrogen) atoms. The molecular weight excluding hydrogens is 356 g/mol. The van der Waals surface area contributed by atoms with E-state index < -0.39 is 29.8 Å². The summed E-state index contributed by atoms with van der Waals surface area (Å²) in [5.74, 6) is -1.57. The Hall–Kier alpha value is -3.28.